The van der Waals surface area contributed by atoms with Gasteiger partial charge in [-0.2, -0.15) is 0 Å². The summed E-state index contributed by atoms with van der Waals surface area (Å²) in [7, 11) is 0. The maximum absolute atomic E-state index is 11.3. The summed E-state index contributed by atoms with van der Waals surface area (Å²) in [6, 6.07) is 5.63. The summed E-state index contributed by atoms with van der Waals surface area (Å²) in [6.45, 7) is 1.98. The predicted molar refractivity (Wildman–Crippen MR) is 66.8 cm³/mol. The van der Waals surface area contributed by atoms with Gasteiger partial charge in [0.1, 0.15) is 5.78 Å². The van der Waals surface area contributed by atoms with Gasteiger partial charge in [-0.25, -0.2) is 0 Å². The molecule has 1 aliphatic carbocycles. The molecule has 0 saturated heterocycles. The van der Waals surface area contributed by atoms with Gasteiger partial charge in [0.2, 0.25) is 0 Å². The van der Waals surface area contributed by atoms with Gasteiger partial charge in [0.15, 0.2) is 0 Å². The zero-order valence-electron chi connectivity index (χ0n) is 9.29. The fourth-order valence-electron chi connectivity index (χ4n) is 1.90. The second kappa shape index (κ2) is 4.79. The first-order chi connectivity index (χ1) is 7.65. The summed E-state index contributed by atoms with van der Waals surface area (Å²) in [5.41, 5.74) is 2.98. The van der Waals surface area contributed by atoms with Crippen LogP contribution in [-0.2, 0) is 4.79 Å². The molecule has 1 aliphatic rings. The van der Waals surface area contributed by atoms with Gasteiger partial charge in [-0.3, -0.25) is 9.79 Å². The molecule has 1 aromatic rings. The number of aliphatic imine (C=N–C) groups is 1. The molecule has 0 radical (unpaired) electrons. The number of benzene rings is 1. The van der Waals surface area contributed by atoms with Crippen molar-refractivity contribution in [1.29, 1.82) is 0 Å². The lowest BCUT2D eigenvalue weighted by molar-refractivity contribution is -0.118. The molecule has 1 fully saturated rings. The van der Waals surface area contributed by atoms with E-state index in [0.717, 1.165) is 34.8 Å². The molecule has 2 nitrogen and oxygen atoms in total. The molecule has 1 saturated carbocycles. The summed E-state index contributed by atoms with van der Waals surface area (Å²) in [5.74, 6) is 0.302. The third kappa shape index (κ3) is 2.70. The number of aryl methyl sites for hydroxylation is 1. The molecule has 0 heterocycles. The van der Waals surface area contributed by atoms with Crippen molar-refractivity contribution in [2.45, 2.75) is 32.6 Å². The minimum absolute atomic E-state index is 0.302. The number of nitrogens with zero attached hydrogens (tertiary/aromatic N) is 1. The van der Waals surface area contributed by atoms with E-state index in [1.165, 1.54) is 0 Å². The van der Waals surface area contributed by atoms with Crippen LogP contribution >= 0.6 is 11.6 Å². The topological polar surface area (TPSA) is 29.4 Å². The van der Waals surface area contributed by atoms with Gasteiger partial charge in [0, 0.05) is 23.6 Å². The number of rotatable bonds is 1. The molecule has 0 spiro atoms. The summed E-state index contributed by atoms with van der Waals surface area (Å²) < 4.78 is 0. The molecule has 0 aromatic heterocycles. The van der Waals surface area contributed by atoms with Gasteiger partial charge in [-0.15, -0.1) is 0 Å². The van der Waals surface area contributed by atoms with E-state index in [1.807, 2.05) is 25.1 Å². The van der Waals surface area contributed by atoms with E-state index >= 15 is 0 Å². The normalized spacial score (nSPS) is 19.1. The average molecular weight is 236 g/mol. The Morgan fingerprint density at radius 1 is 1.31 bits per heavy atom. The quantitative estimate of drug-likeness (QED) is 0.727. The SMILES string of the molecule is Cc1cc(Cl)ccc1N=C1CCCC(=O)C1. The van der Waals surface area contributed by atoms with Crippen molar-refractivity contribution in [1.82, 2.24) is 0 Å². The van der Waals surface area contributed by atoms with Crippen LogP contribution in [0.15, 0.2) is 23.2 Å². The lowest BCUT2D eigenvalue weighted by Gasteiger charge is -2.12. The van der Waals surface area contributed by atoms with Crippen molar-refractivity contribution in [2.75, 3.05) is 0 Å². The van der Waals surface area contributed by atoms with Gasteiger partial charge in [0.25, 0.3) is 0 Å². The molecule has 0 N–H and O–H groups in total. The van der Waals surface area contributed by atoms with Crippen LogP contribution in [0.25, 0.3) is 0 Å². The highest BCUT2D eigenvalue weighted by molar-refractivity contribution is 6.30. The van der Waals surface area contributed by atoms with Crippen LogP contribution < -0.4 is 0 Å². The molecule has 0 atom stereocenters. The van der Waals surface area contributed by atoms with Crippen LogP contribution in [0.2, 0.25) is 5.02 Å². The Balaban J connectivity index is 2.24. The third-order valence-corrected chi connectivity index (χ3v) is 2.99. The summed E-state index contributed by atoms with van der Waals surface area (Å²) in [5, 5.41) is 0.723. The second-order valence-electron chi connectivity index (χ2n) is 4.18. The predicted octanol–water partition coefficient (Wildman–Crippen LogP) is 3.86. The van der Waals surface area contributed by atoms with Crippen molar-refractivity contribution < 1.29 is 4.79 Å². The molecule has 0 bridgehead atoms. The molecular weight excluding hydrogens is 222 g/mol. The molecule has 0 unspecified atom stereocenters. The molecule has 84 valence electrons. The van der Waals surface area contributed by atoms with Gasteiger partial charge in [0.05, 0.1) is 5.69 Å². The number of hydrogen-bond donors (Lipinski definition) is 0. The first kappa shape index (κ1) is 11.3. The van der Waals surface area contributed by atoms with Crippen molar-refractivity contribution in [3.8, 4) is 0 Å². The summed E-state index contributed by atoms with van der Waals surface area (Å²) >= 11 is 5.88. The lowest BCUT2D eigenvalue weighted by atomic mass is 9.97. The minimum atomic E-state index is 0.302. The molecule has 0 aliphatic heterocycles. The zero-order chi connectivity index (χ0) is 11.5. The number of carbonyl (C=O) groups excluding carboxylic acids is 1. The number of halogens is 1. The van der Waals surface area contributed by atoms with Crippen LogP contribution in [-0.4, -0.2) is 11.5 Å². The van der Waals surface area contributed by atoms with Crippen molar-refractivity contribution in [3.05, 3.63) is 28.8 Å². The Kier molecular flexibility index (Phi) is 3.39. The van der Waals surface area contributed by atoms with E-state index in [4.69, 9.17) is 11.6 Å². The first-order valence-corrected chi connectivity index (χ1v) is 5.87. The number of hydrogen-bond acceptors (Lipinski definition) is 2. The van der Waals surface area contributed by atoms with Crippen LogP contribution in [0.3, 0.4) is 0 Å². The second-order valence-corrected chi connectivity index (χ2v) is 4.61. The number of carbonyl (C=O) groups is 1. The van der Waals surface area contributed by atoms with Gasteiger partial charge < -0.3 is 0 Å². The number of Topliss-reactive ketones (excluding diaryl/α,β-unsaturated/α-hetero) is 1. The van der Waals surface area contributed by atoms with Crippen LogP contribution in [0.4, 0.5) is 5.69 Å². The van der Waals surface area contributed by atoms with E-state index in [1.54, 1.807) is 0 Å². The van der Waals surface area contributed by atoms with Crippen LogP contribution in [0.1, 0.15) is 31.2 Å². The standard InChI is InChI=1S/C13H14ClNO/c1-9-7-10(14)5-6-13(9)15-11-3-2-4-12(16)8-11/h5-7H,2-4,8H2,1H3. The van der Waals surface area contributed by atoms with Crippen molar-refractivity contribution in [3.63, 3.8) is 0 Å². The average Bonchev–Trinajstić information content (AvgIpc) is 2.22. The Labute approximate surface area is 100 Å². The highest BCUT2D eigenvalue weighted by Crippen LogP contribution is 2.24. The lowest BCUT2D eigenvalue weighted by Crippen LogP contribution is -2.14. The number of ketones is 1. The Bertz CT molecular complexity index is 451. The largest absolute Gasteiger partial charge is 0.299 e. The van der Waals surface area contributed by atoms with Crippen molar-refractivity contribution >= 4 is 28.8 Å². The van der Waals surface area contributed by atoms with Gasteiger partial charge >= 0.3 is 0 Å². The molecule has 0 amide bonds. The third-order valence-electron chi connectivity index (χ3n) is 2.76. The highest BCUT2D eigenvalue weighted by Gasteiger charge is 2.14. The van der Waals surface area contributed by atoms with Gasteiger partial charge in [-0.1, -0.05) is 11.6 Å². The minimum Gasteiger partial charge on any atom is -0.299 e. The maximum atomic E-state index is 11.3. The first-order valence-electron chi connectivity index (χ1n) is 5.49. The van der Waals surface area contributed by atoms with E-state index < -0.39 is 0 Å². The smallest absolute Gasteiger partial charge is 0.138 e. The fourth-order valence-corrected chi connectivity index (χ4v) is 2.13. The Morgan fingerprint density at radius 3 is 2.81 bits per heavy atom. The van der Waals surface area contributed by atoms with Crippen molar-refractivity contribution in [2.24, 2.45) is 4.99 Å². The molecule has 16 heavy (non-hydrogen) atoms. The Hall–Kier alpha value is -1.15. The molecule has 1 aromatic carbocycles. The zero-order valence-corrected chi connectivity index (χ0v) is 10.0. The molecule has 2 rings (SSSR count). The van der Waals surface area contributed by atoms with Gasteiger partial charge in [-0.05, 0) is 43.5 Å². The molecular formula is C13H14ClNO. The maximum Gasteiger partial charge on any atom is 0.138 e. The van der Waals surface area contributed by atoms with E-state index in [9.17, 15) is 4.79 Å². The van der Waals surface area contributed by atoms with Crippen LogP contribution in [0, 0.1) is 6.92 Å². The van der Waals surface area contributed by atoms with Crippen LogP contribution in [0.5, 0.6) is 0 Å². The van der Waals surface area contributed by atoms with E-state index in [0.29, 0.717) is 18.6 Å². The van der Waals surface area contributed by atoms with E-state index in [2.05, 4.69) is 4.99 Å². The summed E-state index contributed by atoms with van der Waals surface area (Å²) in [6.07, 6.45) is 3.10. The molecule has 3 heteroatoms. The summed E-state index contributed by atoms with van der Waals surface area (Å²) in [4.78, 5) is 15.8. The van der Waals surface area contributed by atoms with E-state index in [-0.39, 0.29) is 0 Å². The fraction of sp³-hybridized carbons (Fsp3) is 0.385. The monoisotopic (exact) mass is 235 g/mol. The highest BCUT2D eigenvalue weighted by atomic mass is 35.5. The Morgan fingerprint density at radius 2 is 2.12 bits per heavy atom.